The number of amides is 4. The summed E-state index contributed by atoms with van der Waals surface area (Å²) in [5.41, 5.74) is 10.5. The molecule has 31 heavy (non-hydrogen) atoms. The minimum atomic E-state index is -1.76. The molecule has 0 aromatic heterocycles. The minimum Gasteiger partial charge on any atom is -0.481 e. The standard InChI is InChI=1S/C16H25N5O10/c1-6(16(30)31)19-14(28)8(4-11(23)24)21-15(29)9(5-12(25)26)20-13(27)7(17)2-3-10(18)22/h6-9H,2-5,17H2,1H3,(H2,18,22)(H,19,28)(H,20,27)(H,21,29)(H,23,24)(H,25,26)(H,30,31). The second-order valence-electron chi connectivity index (χ2n) is 6.50. The van der Waals surface area contributed by atoms with E-state index in [-0.39, 0.29) is 12.8 Å². The Hall–Kier alpha value is -3.75. The van der Waals surface area contributed by atoms with E-state index < -0.39 is 78.5 Å². The number of primary amides is 1. The van der Waals surface area contributed by atoms with E-state index in [4.69, 9.17) is 26.8 Å². The Morgan fingerprint density at radius 1 is 0.774 bits per heavy atom. The summed E-state index contributed by atoms with van der Waals surface area (Å²) in [6.07, 6.45) is -2.31. The molecule has 0 rings (SSSR count). The zero-order chi connectivity index (χ0) is 24.3. The summed E-state index contributed by atoms with van der Waals surface area (Å²) in [6, 6.07) is -6.21. The first kappa shape index (κ1) is 27.2. The Morgan fingerprint density at radius 3 is 1.58 bits per heavy atom. The Kier molecular flexibility index (Phi) is 11.2. The lowest BCUT2D eigenvalue weighted by Crippen LogP contribution is -2.57. The molecule has 0 saturated heterocycles. The van der Waals surface area contributed by atoms with Crippen molar-refractivity contribution in [3.05, 3.63) is 0 Å². The van der Waals surface area contributed by atoms with Crippen LogP contribution in [-0.2, 0) is 33.6 Å². The zero-order valence-electron chi connectivity index (χ0n) is 16.5. The summed E-state index contributed by atoms with van der Waals surface area (Å²) >= 11 is 0. The molecule has 4 atom stereocenters. The van der Waals surface area contributed by atoms with Crippen molar-refractivity contribution in [1.29, 1.82) is 0 Å². The number of aliphatic carboxylic acids is 3. The molecule has 10 N–H and O–H groups in total. The van der Waals surface area contributed by atoms with Gasteiger partial charge in [-0.1, -0.05) is 0 Å². The van der Waals surface area contributed by atoms with Crippen LogP contribution in [0.4, 0.5) is 0 Å². The molecule has 15 nitrogen and oxygen atoms in total. The van der Waals surface area contributed by atoms with Gasteiger partial charge in [-0.2, -0.15) is 0 Å². The fraction of sp³-hybridized carbons (Fsp3) is 0.562. The third-order valence-corrected chi connectivity index (χ3v) is 3.79. The number of carboxylic acid groups (broad SMARTS) is 3. The summed E-state index contributed by atoms with van der Waals surface area (Å²) in [5, 5.41) is 32.7. The van der Waals surface area contributed by atoms with E-state index in [0.717, 1.165) is 6.92 Å². The fourth-order valence-electron chi connectivity index (χ4n) is 2.12. The van der Waals surface area contributed by atoms with Crippen LogP contribution < -0.4 is 27.4 Å². The van der Waals surface area contributed by atoms with Gasteiger partial charge < -0.3 is 42.7 Å². The maximum Gasteiger partial charge on any atom is 0.325 e. The molecule has 4 unspecified atom stereocenters. The van der Waals surface area contributed by atoms with E-state index in [2.05, 4.69) is 0 Å². The van der Waals surface area contributed by atoms with Gasteiger partial charge in [0.25, 0.3) is 0 Å². The largest absolute Gasteiger partial charge is 0.481 e. The summed E-state index contributed by atoms with van der Waals surface area (Å²) in [7, 11) is 0. The number of hydrogen-bond donors (Lipinski definition) is 8. The van der Waals surface area contributed by atoms with Crippen LogP contribution in [0.25, 0.3) is 0 Å². The molecule has 0 radical (unpaired) electrons. The summed E-state index contributed by atoms with van der Waals surface area (Å²) < 4.78 is 0. The van der Waals surface area contributed by atoms with Crippen LogP contribution >= 0.6 is 0 Å². The van der Waals surface area contributed by atoms with Gasteiger partial charge in [-0.3, -0.25) is 33.6 Å². The number of carbonyl (C=O) groups is 7. The predicted octanol–water partition coefficient (Wildman–Crippen LogP) is -3.91. The molecule has 0 spiro atoms. The van der Waals surface area contributed by atoms with Crippen molar-refractivity contribution in [1.82, 2.24) is 16.0 Å². The van der Waals surface area contributed by atoms with Gasteiger partial charge in [0.05, 0.1) is 18.9 Å². The van der Waals surface area contributed by atoms with E-state index in [1.165, 1.54) is 0 Å². The second-order valence-corrected chi connectivity index (χ2v) is 6.50. The summed E-state index contributed by atoms with van der Waals surface area (Å²) in [6.45, 7) is 1.10. The number of rotatable bonds is 14. The Labute approximate surface area is 175 Å². The van der Waals surface area contributed by atoms with Crippen LogP contribution in [0.5, 0.6) is 0 Å². The minimum absolute atomic E-state index is 0.181. The molecule has 0 saturated carbocycles. The Balaban J connectivity index is 5.36. The molecule has 0 aliphatic heterocycles. The van der Waals surface area contributed by atoms with Crippen molar-refractivity contribution in [3.8, 4) is 0 Å². The van der Waals surface area contributed by atoms with Crippen molar-refractivity contribution in [3.63, 3.8) is 0 Å². The van der Waals surface area contributed by atoms with E-state index in [1.54, 1.807) is 0 Å². The monoisotopic (exact) mass is 447 g/mol. The molecule has 0 fully saturated rings. The lowest BCUT2D eigenvalue weighted by Gasteiger charge is -2.23. The molecule has 4 amide bonds. The van der Waals surface area contributed by atoms with E-state index in [1.807, 2.05) is 16.0 Å². The molecule has 0 aromatic carbocycles. The SMILES string of the molecule is CC(NC(=O)C(CC(=O)O)NC(=O)C(CC(=O)O)NC(=O)C(N)CCC(N)=O)C(=O)O. The van der Waals surface area contributed by atoms with Gasteiger partial charge in [-0.05, 0) is 13.3 Å². The highest BCUT2D eigenvalue weighted by Gasteiger charge is 2.31. The van der Waals surface area contributed by atoms with Crippen molar-refractivity contribution in [2.24, 2.45) is 11.5 Å². The van der Waals surface area contributed by atoms with Gasteiger partial charge in [0.15, 0.2) is 0 Å². The average Bonchev–Trinajstić information content (AvgIpc) is 2.63. The summed E-state index contributed by atoms with van der Waals surface area (Å²) in [5.74, 6) is -8.54. The van der Waals surface area contributed by atoms with Crippen LogP contribution in [0, 0.1) is 0 Å². The highest BCUT2D eigenvalue weighted by Crippen LogP contribution is 2.02. The van der Waals surface area contributed by atoms with Crippen LogP contribution in [-0.4, -0.2) is 81.0 Å². The summed E-state index contributed by atoms with van der Waals surface area (Å²) in [4.78, 5) is 80.3. The molecule has 0 aliphatic rings. The fourth-order valence-corrected chi connectivity index (χ4v) is 2.12. The predicted molar refractivity (Wildman–Crippen MR) is 100 cm³/mol. The third kappa shape index (κ3) is 11.1. The molecule has 0 aromatic rings. The van der Waals surface area contributed by atoms with Crippen LogP contribution in [0.1, 0.15) is 32.6 Å². The quantitative estimate of drug-likeness (QED) is 0.127. The zero-order valence-corrected chi connectivity index (χ0v) is 16.5. The molecule has 0 aliphatic carbocycles. The third-order valence-electron chi connectivity index (χ3n) is 3.79. The normalized spacial score (nSPS) is 14.3. The highest BCUT2D eigenvalue weighted by molar-refractivity contribution is 5.96. The van der Waals surface area contributed by atoms with Crippen LogP contribution in [0.15, 0.2) is 0 Å². The number of nitrogens with one attached hydrogen (secondary N) is 3. The van der Waals surface area contributed by atoms with Gasteiger partial charge in [0, 0.05) is 6.42 Å². The lowest BCUT2D eigenvalue weighted by molar-refractivity contribution is -0.144. The molecule has 174 valence electrons. The number of carbonyl (C=O) groups excluding carboxylic acids is 4. The maximum atomic E-state index is 12.4. The van der Waals surface area contributed by atoms with Gasteiger partial charge >= 0.3 is 17.9 Å². The Morgan fingerprint density at radius 2 is 1.19 bits per heavy atom. The number of hydrogen-bond acceptors (Lipinski definition) is 8. The number of carboxylic acids is 3. The molecule has 0 heterocycles. The second kappa shape index (κ2) is 12.7. The first-order chi connectivity index (χ1) is 14.2. The average molecular weight is 447 g/mol. The smallest absolute Gasteiger partial charge is 0.325 e. The first-order valence-corrected chi connectivity index (χ1v) is 8.86. The van der Waals surface area contributed by atoms with Gasteiger partial charge in [-0.25, -0.2) is 0 Å². The van der Waals surface area contributed by atoms with E-state index in [9.17, 15) is 33.6 Å². The molecular weight excluding hydrogens is 422 g/mol. The molecule has 0 bridgehead atoms. The van der Waals surface area contributed by atoms with Gasteiger partial charge in [0.1, 0.15) is 18.1 Å². The van der Waals surface area contributed by atoms with Crippen LogP contribution in [0.3, 0.4) is 0 Å². The van der Waals surface area contributed by atoms with E-state index >= 15 is 0 Å². The molecule has 15 heteroatoms. The van der Waals surface area contributed by atoms with Crippen molar-refractivity contribution in [2.75, 3.05) is 0 Å². The highest BCUT2D eigenvalue weighted by atomic mass is 16.4. The van der Waals surface area contributed by atoms with Crippen LogP contribution in [0.2, 0.25) is 0 Å². The van der Waals surface area contributed by atoms with Crippen molar-refractivity contribution >= 4 is 41.5 Å². The topological polar surface area (TPSA) is 268 Å². The van der Waals surface area contributed by atoms with Crippen molar-refractivity contribution in [2.45, 2.75) is 56.8 Å². The number of nitrogens with two attached hydrogens (primary N) is 2. The lowest BCUT2D eigenvalue weighted by atomic mass is 10.1. The molecular formula is C16H25N5O10. The van der Waals surface area contributed by atoms with Gasteiger partial charge in [-0.15, -0.1) is 0 Å². The van der Waals surface area contributed by atoms with Crippen molar-refractivity contribution < 1.29 is 48.9 Å². The first-order valence-electron chi connectivity index (χ1n) is 8.86. The van der Waals surface area contributed by atoms with Gasteiger partial charge in [0.2, 0.25) is 23.6 Å². The maximum absolute atomic E-state index is 12.4. The Bertz CT molecular complexity index is 740. The van der Waals surface area contributed by atoms with E-state index in [0.29, 0.717) is 0 Å².